The number of aryl methyl sites for hydroxylation is 1. The molecule has 1 heterocycles. The van der Waals surface area contributed by atoms with Crippen molar-refractivity contribution in [3.63, 3.8) is 0 Å². The van der Waals surface area contributed by atoms with Gasteiger partial charge in [0.2, 0.25) is 15.9 Å². The first-order valence-corrected chi connectivity index (χ1v) is 13.7. The molecule has 1 saturated heterocycles. The Balaban J connectivity index is 1.52. The van der Waals surface area contributed by atoms with Crippen molar-refractivity contribution in [1.29, 1.82) is 0 Å². The molecule has 3 rings (SSSR count). The molecule has 0 aromatic heterocycles. The lowest BCUT2D eigenvalue weighted by atomic mass is 9.98. The maximum Gasteiger partial charge on any atom is 0.224 e. The second kappa shape index (κ2) is 12.8. The SMILES string of the molecule is CCOc1ccc(CNC(=O)C2CCCN(S(=O)(=O)CCCc3ccccc3)C2)cc1OCC. The molecule has 1 fully saturated rings. The Morgan fingerprint density at radius 3 is 2.50 bits per heavy atom. The number of hydrogen-bond acceptors (Lipinski definition) is 5. The van der Waals surface area contributed by atoms with Gasteiger partial charge in [0.1, 0.15) is 0 Å². The van der Waals surface area contributed by atoms with Crippen LogP contribution in [0.1, 0.15) is 44.2 Å². The molecule has 34 heavy (non-hydrogen) atoms. The van der Waals surface area contributed by atoms with Gasteiger partial charge in [0.25, 0.3) is 0 Å². The Bertz CT molecular complexity index is 1030. The largest absolute Gasteiger partial charge is 0.490 e. The average molecular weight is 489 g/mol. The highest BCUT2D eigenvalue weighted by Gasteiger charge is 2.32. The van der Waals surface area contributed by atoms with Gasteiger partial charge in [0, 0.05) is 19.6 Å². The van der Waals surface area contributed by atoms with Crippen molar-refractivity contribution >= 4 is 15.9 Å². The number of carbonyl (C=O) groups excluding carboxylic acids is 1. The fraction of sp³-hybridized carbons (Fsp3) is 0.500. The van der Waals surface area contributed by atoms with E-state index in [1.807, 2.05) is 62.4 Å². The maximum absolute atomic E-state index is 12.9. The quantitative estimate of drug-likeness (QED) is 0.492. The van der Waals surface area contributed by atoms with E-state index in [9.17, 15) is 13.2 Å². The smallest absolute Gasteiger partial charge is 0.224 e. The van der Waals surface area contributed by atoms with Gasteiger partial charge in [-0.1, -0.05) is 36.4 Å². The van der Waals surface area contributed by atoms with Crippen molar-refractivity contribution in [3.05, 3.63) is 59.7 Å². The lowest BCUT2D eigenvalue weighted by Gasteiger charge is -2.31. The molecule has 2 aromatic rings. The minimum Gasteiger partial charge on any atom is -0.490 e. The number of piperidine rings is 1. The Morgan fingerprint density at radius 1 is 1.03 bits per heavy atom. The first-order chi connectivity index (χ1) is 16.4. The monoisotopic (exact) mass is 488 g/mol. The molecular formula is C26H36N2O5S. The molecule has 1 amide bonds. The van der Waals surface area contributed by atoms with Crippen LogP contribution in [0.25, 0.3) is 0 Å². The molecule has 1 aliphatic rings. The highest BCUT2D eigenvalue weighted by Crippen LogP contribution is 2.28. The molecule has 1 aliphatic heterocycles. The van der Waals surface area contributed by atoms with E-state index in [0.29, 0.717) is 57.1 Å². The maximum atomic E-state index is 12.9. The number of amides is 1. The van der Waals surface area contributed by atoms with Gasteiger partial charge < -0.3 is 14.8 Å². The van der Waals surface area contributed by atoms with Crippen LogP contribution in [0.3, 0.4) is 0 Å². The third-order valence-electron chi connectivity index (χ3n) is 5.93. The highest BCUT2D eigenvalue weighted by atomic mass is 32.2. The van der Waals surface area contributed by atoms with Gasteiger partial charge in [-0.2, -0.15) is 0 Å². The lowest BCUT2D eigenvalue weighted by Crippen LogP contribution is -2.46. The zero-order valence-corrected chi connectivity index (χ0v) is 21.0. The Kier molecular flexibility index (Phi) is 9.77. The van der Waals surface area contributed by atoms with Crippen LogP contribution in [0.4, 0.5) is 0 Å². The lowest BCUT2D eigenvalue weighted by molar-refractivity contribution is -0.126. The van der Waals surface area contributed by atoms with Crippen molar-refractivity contribution < 1.29 is 22.7 Å². The minimum atomic E-state index is -3.39. The van der Waals surface area contributed by atoms with Gasteiger partial charge in [-0.3, -0.25) is 4.79 Å². The van der Waals surface area contributed by atoms with Gasteiger partial charge in [0.05, 0.1) is 24.9 Å². The molecule has 0 aliphatic carbocycles. The molecular weight excluding hydrogens is 452 g/mol. The van der Waals surface area contributed by atoms with Crippen LogP contribution in [-0.4, -0.2) is 50.7 Å². The molecule has 1 atom stereocenters. The summed E-state index contributed by atoms with van der Waals surface area (Å²) in [6, 6.07) is 15.5. The predicted octanol–water partition coefficient (Wildman–Crippen LogP) is 3.77. The number of hydrogen-bond donors (Lipinski definition) is 1. The van der Waals surface area contributed by atoms with Gasteiger partial charge in [-0.25, -0.2) is 12.7 Å². The van der Waals surface area contributed by atoms with E-state index in [-0.39, 0.29) is 24.1 Å². The highest BCUT2D eigenvalue weighted by molar-refractivity contribution is 7.89. The van der Waals surface area contributed by atoms with Gasteiger partial charge >= 0.3 is 0 Å². The normalized spacial score (nSPS) is 16.7. The number of sulfonamides is 1. The number of rotatable bonds is 12. The topological polar surface area (TPSA) is 84.9 Å². The summed E-state index contributed by atoms with van der Waals surface area (Å²) < 4.78 is 38.5. The standard InChI is InChI=1S/C26H36N2O5S/c1-3-32-24-15-14-22(18-25(24)33-4-2)19-27-26(29)23-13-8-16-28(20-23)34(30,31)17-9-12-21-10-6-5-7-11-21/h5-7,10-11,14-15,18,23H,3-4,8-9,12-13,16-17,19-20H2,1-2H3,(H,27,29). The molecule has 2 aromatic carbocycles. The number of benzene rings is 2. The van der Waals surface area contributed by atoms with E-state index in [2.05, 4.69) is 5.32 Å². The van der Waals surface area contributed by atoms with E-state index >= 15 is 0 Å². The molecule has 1 unspecified atom stereocenters. The van der Waals surface area contributed by atoms with Crippen LogP contribution in [-0.2, 0) is 27.8 Å². The Morgan fingerprint density at radius 2 is 1.76 bits per heavy atom. The van der Waals surface area contributed by atoms with Crippen molar-refractivity contribution in [3.8, 4) is 11.5 Å². The average Bonchev–Trinajstić information content (AvgIpc) is 2.85. The second-order valence-electron chi connectivity index (χ2n) is 8.47. The summed E-state index contributed by atoms with van der Waals surface area (Å²) in [5.41, 5.74) is 2.04. The van der Waals surface area contributed by atoms with Crippen molar-refractivity contribution in [2.75, 3.05) is 32.1 Å². The number of carbonyl (C=O) groups is 1. The van der Waals surface area contributed by atoms with Crippen molar-refractivity contribution in [1.82, 2.24) is 9.62 Å². The van der Waals surface area contributed by atoms with E-state index in [4.69, 9.17) is 9.47 Å². The summed E-state index contributed by atoms with van der Waals surface area (Å²) in [5, 5.41) is 2.97. The third-order valence-corrected chi connectivity index (χ3v) is 7.86. The first kappa shape index (κ1) is 26.0. The van der Waals surface area contributed by atoms with E-state index in [1.54, 1.807) is 0 Å². The molecule has 1 N–H and O–H groups in total. The van der Waals surface area contributed by atoms with Crippen molar-refractivity contribution in [2.24, 2.45) is 5.92 Å². The van der Waals surface area contributed by atoms with Crippen molar-refractivity contribution in [2.45, 2.75) is 46.1 Å². The number of nitrogens with one attached hydrogen (secondary N) is 1. The molecule has 7 nitrogen and oxygen atoms in total. The van der Waals surface area contributed by atoms with Crippen LogP contribution >= 0.6 is 0 Å². The van der Waals surface area contributed by atoms with Crippen LogP contribution in [0, 0.1) is 5.92 Å². The first-order valence-electron chi connectivity index (χ1n) is 12.1. The molecule has 186 valence electrons. The zero-order valence-electron chi connectivity index (χ0n) is 20.2. The summed E-state index contributed by atoms with van der Waals surface area (Å²) in [7, 11) is -3.39. The fourth-order valence-electron chi connectivity index (χ4n) is 4.18. The summed E-state index contributed by atoms with van der Waals surface area (Å²) >= 11 is 0. The zero-order chi connectivity index (χ0) is 24.4. The van der Waals surface area contributed by atoms with E-state index < -0.39 is 10.0 Å². The fourth-order valence-corrected chi connectivity index (χ4v) is 5.76. The molecule has 0 saturated carbocycles. The Hall–Kier alpha value is -2.58. The van der Waals surface area contributed by atoms with E-state index in [0.717, 1.165) is 17.5 Å². The summed E-state index contributed by atoms with van der Waals surface area (Å²) in [6.07, 6.45) is 2.67. The summed E-state index contributed by atoms with van der Waals surface area (Å²) in [4.78, 5) is 12.8. The van der Waals surface area contributed by atoms with Gasteiger partial charge in [-0.05, 0) is 62.8 Å². The number of ether oxygens (including phenoxy) is 2. The third kappa shape index (κ3) is 7.46. The van der Waals surface area contributed by atoms with Crippen LogP contribution in [0.2, 0.25) is 0 Å². The van der Waals surface area contributed by atoms with E-state index in [1.165, 1.54) is 4.31 Å². The van der Waals surface area contributed by atoms with Crippen LogP contribution in [0.15, 0.2) is 48.5 Å². The van der Waals surface area contributed by atoms with Crippen LogP contribution < -0.4 is 14.8 Å². The Labute approximate surface area is 203 Å². The second-order valence-corrected chi connectivity index (χ2v) is 10.6. The molecule has 0 radical (unpaired) electrons. The molecule has 0 spiro atoms. The molecule has 8 heteroatoms. The van der Waals surface area contributed by atoms with Crippen LogP contribution in [0.5, 0.6) is 11.5 Å². The number of nitrogens with zero attached hydrogens (tertiary/aromatic N) is 1. The van der Waals surface area contributed by atoms with Gasteiger partial charge in [0.15, 0.2) is 11.5 Å². The van der Waals surface area contributed by atoms with Gasteiger partial charge in [-0.15, -0.1) is 0 Å². The minimum absolute atomic E-state index is 0.0998. The molecule has 0 bridgehead atoms. The summed E-state index contributed by atoms with van der Waals surface area (Å²) in [6.45, 7) is 5.97. The summed E-state index contributed by atoms with van der Waals surface area (Å²) in [5.74, 6) is 0.979. The predicted molar refractivity (Wildman–Crippen MR) is 133 cm³/mol.